The molecule has 120 valence electrons. The van der Waals surface area contributed by atoms with Gasteiger partial charge in [-0.3, -0.25) is 9.69 Å². The normalized spacial score (nSPS) is 20.5. The molecular formula is C18H24BrNO2. The first-order valence-corrected chi connectivity index (χ1v) is 8.98. The van der Waals surface area contributed by atoms with Gasteiger partial charge in [-0.25, -0.2) is 0 Å². The Bertz CT molecular complexity index is 568. The summed E-state index contributed by atoms with van der Waals surface area (Å²) in [6, 6.07) is 6.70. The predicted molar refractivity (Wildman–Crippen MR) is 90.7 cm³/mol. The van der Waals surface area contributed by atoms with E-state index in [9.17, 15) is 4.79 Å². The number of benzene rings is 1. The van der Waals surface area contributed by atoms with Crippen molar-refractivity contribution >= 4 is 21.9 Å². The van der Waals surface area contributed by atoms with Gasteiger partial charge in [-0.2, -0.15) is 0 Å². The van der Waals surface area contributed by atoms with Crippen LogP contribution in [0.5, 0.6) is 0 Å². The van der Waals surface area contributed by atoms with E-state index in [1.165, 1.54) is 28.4 Å². The van der Waals surface area contributed by atoms with Crippen molar-refractivity contribution in [3.8, 4) is 0 Å². The second kappa shape index (κ2) is 6.32. The molecule has 2 aliphatic rings. The minimum absolute atomic E-state index is 0.0718. The van der Waals surface area contributed by atoms with E-state index in [1.807, 2.05) is 6.92 Å². The highest BCUT2D eigenvalue weighted by atomic mass is 79.9. The average molecular weight is 366 g/mol. The molecule has 1 aliphatic carbocycles. The summed E-state index contributed by atoms with van der Waals surface area (Å²) >= 11 is 3.60. The zero-order valence-electron chi connectivity index (χ0n) is 13.4. The second-order valence-corrected chi connectivity index (χ2v) is 7.78. The molecule has 1 heterocycles. The Kier molecular flexibility index (Phi) is 4.60. The van der Waals surface area contributed by atoms with Crippen LogP contribution >= 0.6 is 15.9 Å². The van der Waals surface area contributed by atoms with Crippen molar-refractivity contribution in [1.82, 2.24) is 4.90 Å². The molecule has 1 fully saturated rings. The molecule has 1 aromatic carbocycles. The zero-order chi connectivity index (χ0) is 15.7. The number of hydrogen-bond donors (Lipinski definition) is 0. The van der Waals surface area contributed by atoms with Crippen LogP contribution in [0.3, 0.4) is 0 Å². The largest absolute Gasteiger partial charge is 0.466 e. The quantitative estimate of drug-likeness (QED) is 0.741. The SMILES string of the molecule is CCOC(=O)CC(C)CN1Cc2ccc(Br)cc2C2(CC2)C1. The lowest BCUT2D eigenvalue weighted by Crippen LogP contribution is -2.40. The number of hydrogen-bond acceptors (Lipinski definition) is 3. The van der Waals surface area contributed by atoms with E-state index in [4.69, 9.17) is 4.74 Å². The number of ether oxygens (including phenoxy) is 1. The van der Waals surface area contributed by atoms with E-state index < -0.39 is 0 Å². The maximum atomic E-state index is 11.6. The van der Waals surface area contributed by atoms with Crippen molar-refractivity contribution < 1.29 is 9.53 Å². The van der Waals surface area contributed by atoms with Gasteiger partial charge in [-0.15, -0.1) is 0 Å². The molecule has 22 heavy (non-hydrogen) atoms. The zero-order valence-corrected chi connectivity index (χ0v) is 15.0. The lowest BCUT2D eigenvalue weighted by atomic mass is 9.86. The Balaban J connectivity index is 1.65. The van der Waals surface area contributed by atoms with Gasteiger partial charge in [0.25, 0.3) is 0 Å². The molecule has 1 aromatic rings. The Morgan fingerprint density at radius 1 is 1.45 bits per heavy atom. The third kappa shape index (κ3) is 3.38. The van der Waals surface area contributed by atoms with Crippen molar-refractivity contribution in [2.75, 3.05) is 19.7 Å². The second-order valence-electron chi connectivity index (χ2n) is 6.87. The third-order valence-corrected chi connectivity index (χ3v) is 5.30. The summed E-state index contributed by atoms with van der Waals surface area (Å²) in [5, 5.41) is 0. The molecule has 0 radical (unpaired) electrons. The van der Waals surface area contributed by atoms with Crippen LogP contribution in [0.15, 0.2) is 22.7 Å². The van der Waals surface area contributed by atoms with E-state index in [0.717, 1.165) is 19.6 Å². The Hall–Kier alpha value is -0.870. The van der Waals surface area contributed by atoms with Gasteiger partial charge in [0.1, 0.15) is 0 Å². The maximum Gasteiger partial charge on any atom is 0.306 e. The van der Waals surface area contributed by atoms with Gasteiger partial charge in [-0.05, 0) is 48.9 Å². The molecule has 0 amide bonds. The van der Waals surface area contributed by atoms with Gasteiger partial charge >= 0.3 is 5.97 Å². The van der Waals surface area contributed by atoms with E-state index in [2.05, 4.69) is 46.0 Å². The van der Waals surface area contributed by atoms with Crippen LogP contribution in [0.4, 0.5) is 0 Å². The van der Waals surface area contributed by atoms with Crippen molar-refractivity contribution in [2.45, 2.75) is 45.1 Å². The molecule has 3 rings (SSSR count). The Morgan fingerprint density at radius 2 is 2.23 bits per heavy atom. The fourth-order valence-corrected chi connectivity index (χ4v) is 4.07. The highest BCUT2D eigenvalue weighted by molar-refractivity contribution is 9.10. The molecule has 0 saturated heterocycles. The predicted octanol–water partition coefficient (Wildman–Crippen LogP) is 3.89. The number of halogens is 1. The molecule has 4 heteroatoms. The van der Waals surface area contributed by atoms with Crippen molar-refractivity contribution in [3.63, 3.8) is 0 Å². The van der Waals surface area contributed by atoms with Gasteiger partial charge in [0, 0.05) is 35.9 Å². The summed E-state index contributed by atoms with van der Waals surface area (Å²) in [4.78, 5) is 14.1. The molecule has 1 atom stereocenters. The van der Waals surface area contributed by atoms with E-state index in [1.54, 1.807) is 0 Å². The average Bonchev–Trinajstić information content (AvgIpc) is 3.20. The first kappa shape index (κ1) is 16.0. The van der Waals surface area contributed by atoms with E-state index in [-0.39, 0.29) is 5.97 Å². The van der Waals surface area contributed by atoms with Gasteiger partial charge in [0.2, 0.25) is 0 Å². The number of carbonyl (C=O) groups excluding carboxylic acids is 1. The van der Waals surface area contributed by atoms with Crippen LogP contribution in [-0.2, 0) is 21.5 Å². The molecule has 1 aliphatic heterocycles. The number of esters is 1. The monoisotopic (exact) mass is 365 g/mol. The van der Waals surface area contributed by atoms with Crippen LogP contribution in [0, 0.1) is 5.92 Å². The molecule has 0 N–H and O–H groups in total. The topological polar surface area (TPSA) is 29.5 Å². The van der Waals surface area contributed by atoms with Gasteiger partial charge in [0.15, 0.2) is 0 Å². The third-order valence-electron chi connectivity index (χ3n) is 4.81. The van der Waals surface area contributed by atoms with Crippen molar-refractivity contribution in [3.05, 3.63) is 33.8 Å². The fraction of sp³-hybridized carbons (Fsp3) is 0.611. The summed E-state index contributed by atoms with van der Waals surface area (Å²) < 4.78 is 6.24. The summed E-state index contributed by atoms with van der Waals surface area (Å²) in [5.74, 6) is 0.268. The van der Waals surface area contributed by atoms with Crippen LogP contribution in [0.1, 0.15) is 44.2 Å². The highest BCUT2D eigenvalue weighted by Crippen LogP contribution is 2.52. The summed E-state index contributed by atoms with van der Waals surface area (Å²) in [5.41, 5.74) is 3.37. The molecule has 3 nitrogen and oxygen atoms in total. The lowest BCUT2D eigenvalue weighted by molar-refractivity contribution is -0.144. The minimum Gasteiger partial charge on any atom is -0.466 e. The van der Waals surface area contributed by atoms with Crippen molar-refractivity contribution in [2.24, 2.45) is 5.92 Å². The van der Waals surface area contributed by atoms with Crippen LogP contribution in [0.25, 0.3) is 0 Å². The molecule has 0 aromatic heterocycles. The van der Waals surface area contributed by atoms with Crippen molar-refractivity contribution in [1.29, 1.82) is 0 Å². The standard InChI is InChI=1S/C18H24BrNO2/c1-3-22-17(21)8-13(2)10-20-11-14-4-5-15(19)9-16(14)18(12-20)6-7-18/h4-5,9,13H,3,6-8,10-12H2,1-2H3. The Morgan fingerprint density at radius 3 is 2.91 bits per heavy atom. The van der Waals surface area contributed by atoms with Crippen LogP contribution in [-0.4, -0.2) is 30.6 Å². The Labute approximate surface area is 141 Å². The summed E-state index contributed by atoms with van der Waals surface area (Å²) in [6.07, 6.45) is 3.10. The van der Waals surface area contributed by atoms with Gasteiger partial charge < -0.3 is 4.74 Å². The molecular weight excluding hydrogens is 342 g/mol. The smallest absolute Gasteiger partial charge is 0.306 e. The van der Waals surface area contributed by atoms with Crippen LogP contribution in [0.2, 0.25) is 0 Å². The summed E-state index contributed by atoms with van der Waals surface area (Å²) in [7, 11) is 0. The van der Waals surface area contributed by atoms with Gasteiger partial charge in [0.05, 0.1) is 6.61 Å². The molecule has 1 spiro atoms. The number of carbonyl (C=O) groups is 1. The summed E-state index contributed by atoms with van der Waals surface area (Å²) in [6.45, 7) is 7.57. The fourth-order valence-electron chi connectivity index (χ4n) is 3.71. The van der Waals surface area contributed by atoms with E-state index in [0.29, 0.717) is 24.4 Å². The first-order chi connectivity index (χ1) is 10.5. The first-order valence-electron chi connectivity index (χ1n) is 8.19. The van der Waals surface area contributed by atoms with E-state index >= 15 is 0 Å². The lowest BCUT2D eigenvalue weighted by Gasteiger charge is -2.36. The molecule has 1 unspecified atom stereocenters. The minimum atomic E-state index is -0.0718. The number of nitrogens with zero attached hydrogens (tertiary/aromatic N) is 1. The van der Waals surface area contributed by atoms with Crippen LogP contribution < -0.4 is 0 Å². The number of rotatable bonds is 5. The number of fused-ring (bicyclic) bond motifs is 2. The molecule has 1 saturated carbocycles. The molecule has 0 bridgehead atoms. The van der Waals surface area contributed by atoms with Gasteiger partial charge in [-0.1, -0.05) is 28.9 Å². The highest BCUT2D eigenvalue weighted by Gasteiger charge is 2.49. The maximum absolute atomic E-state index is 11.6.